The summed E-state index contributed by atoms with van der Waals surface area (Å²) >= 11 is 0. The maximum absolute atomic E-state index is 5.97. The van der Waals surface area contributed by atoms with E-state index in [0.29, 0.717) is 11.8 Å². The predicted octanol–water partition coefficient (Wildman–Crippen LogP) is 2.49. The van der Waals surface area contributed by atoms with Crippen molar-refractivity contribution in [2.24, 2.45) is 29.4 Å². The van der Waals surface area contributed by atoms with Crippen LogP contribution in [0.25, 0.3) is 0 Å². The Morgan fingerprint density at radius 2 is 2.16 bits per heavy atom. The molecule has 1 fully saturated rings. The summed E-state index contributed by atoms with van der Waals surface area (Å²) in [5.41, 5.74) is 5.97. The largest absolute Gasteiger partial charge is 0.330 e. The molecule has 1 aliphatic carbocycles. The van der Waals surface area contributed by atoms with Crippen LogP contribution >= 0.6 is 0 Å². The van der Waals surface area contributed by atoms with Gasteiger partial charge in [0.05, 0.1) is 0 Å². The van der Waals surface area contributed by atoms with Gasteiger partial charge in [0.25, 0.3) is 0 Å². The van der Waals surface area contributed by atoms with Gasteiger partial charge >= 0.3 is 0 Å². The maximum atomic E-state index is 5.97. The van der Waals surface area contributed by atoms with E-state index in [-0.39, 0.29) is 0 Å². The Kier molecular flexibility index (Phi) is 4.97. The van der Waals surface area contributed by atoms with Crippen molar-refractivity contribution in [3.8, 4) is 0 Å². The van der Waals surface area contributed by atoms with E-state index in [4.69, 9.17) is 5.73 Å². The number of aryl methyl sites for hydroxylation is 1. The highest BCUT2D eigenvalue weighted by molar-refractivity contribution is 4.92. The average Bonchev–Trinajstić information content (AvgIpc) is 2.85. The lowest BCUT2D eigenvalue weighted by Gasteiger charge is -2.37. The molecule has 0 aromatic carbocycles. The van der Waals surface area contributed by atoms with Crippen LogP contribution in [0, 0.1) is 23.7 Å². The summed E-state index contributed by atoms with van der Waals surface area (Å²) in [6.07, 6.45) is 6.65. The molecule has 3 unspecified atom stereocenters. The Morgan fingerprint density at radius 1 is 1.37 bits per heavy atom. The number of aromatic nitrogens is 3. The first-order valence-corrected chi connectivity index (χ1v) is 7.72. The minimum atomic E-state index is 0.664. The minimum Gasteiger partial charge on any atom is -0.330 e. The van der Waals surface area contributed by atoms with Crippen LogP contribution in [0.5, 0.6) is 0 Å². The molecule has 0 saturated heterocycles. The van der Waals surface area contributed by atoms with Gasteiger partial charge in [-0.2, -0.15) is 5.10 Å². The van der Waals surface area contributed by atoms with Gasteiger partial charge in [0.2, 0.25) is 0 Å². The van der Waals surface area contributed by atoms with Gasteiger partial charge in [-0.3, -0.25) is 4.68 Å². The topological polar surface area (TPSA) is 56.7 Å². The zero-order valence-electron chi connectivity index (χ0n) is 12.5. The number of hydrogen-bond donors (Lipinski definition) is 1. The van der Waals surface area contributed by atoms with E-state index in [0.717, 1.165) is 37.2 Å². The first-order chi connectivity index (χ1) is 9.15. The molecular weight excluding hydrogens is 236 g/mol. The highest BCUT2D eigenvalue weighted by Gasteiger charge is 2.31. The van der Waals surface area contributed by atoms with Crippen molar-refractivity contribution in [2.75, 3.05) is 6.54 Å². The molecule has 1 saturated carbocycles. The summed E-state index contributed by atoms with van der Waals surface area (Å²) in [5, 5.41) is 4.28. The van der Waals surface area contributed by atoms with Crippen molar-refractivity contribution in [3.63, 3.8) is 0 Å². The third-order valence-corrected chi connectivity index (χ3v) is 4.87. The standard InChI is InChI=1S/C15H28N4/c1-4-19-15(17-10-18-19)8-14-7-12(11(2)3)5-6-13(14)9-16/h10-14H,4-9,16H2,1-3H3. The van der Waals surface area contributed by atoms with Crippen molar-refractivity contribution in [1.29, 1.82) is 0 Å². The first-order valence-electron chi connectivity index (χ1n) is 7.72. The molecule has 2 N–H and O–H groups in total. The Bertz CT molecular complexity index is 385. The molecule has 0 radical (unpaired) electrons. The van der Waals surface area contributed by atoms with E-state index in [1.807, 2.05) is 4.68 Å². The second kappa shape index (κ2) is 6.51. The molecular formula is C15H28N4. The molecule has 1 aliphatic rings. The Hall–Kier alpha value is -0.900. The zero-order chi connectivity index (χ0) is 13.8. The summed E-state index contributed by atoms with van der Waals surface area (Å²) in [5.74, 6) is 4.11. The molecule has 1 heterocycles. The van der Waals surface area contributed by atoms with Crippen molar-refractivity contribution in [2.45, 2.75) is 53.0 Å². The van der Waals surface area contributed by atoms with Gasteiger partial charge in [0.15, 0.2) is 0 Å². The second-order valence-corrected chi connectivity index (χ2v) is 6.27. The van der Waals surface area contributed by atoms with Gasteiger partial charge in [0, 0.05) is 13.0 Å². The number of hydrogen-bond acceptors (Lipinski definition) is 3. The van der Waals surface area contributed by atoms with E-state index in [1.165, 1.54) is 19.3 Å². The van der Waals surface area contributed by atoms with Gasteiger partial charge in [-0.05, 0) is 56.4 Å². The van der Waals surface area contributed by atoms with Crippen LogP contribution in [0.3, 0.4) is 0 Å². The van der Waals surface area contributed by atoms with Crippen LogP contribution in [-0.4, -0.2) is 21.3 Å². The van der Waals surface area contributed by atoms with E-state index in [1.54, 1.807) is 6.33 Å². The van der Waals surface area contributed by atoms with Gasteiger partial charge in [-0.15, -0.1) is 0 Å². The third-order valence-electron chi connectivity index (χ3n) is 4.87. The Balaban J connectivity index is 2.06. The predicted molar refractivity (Wildman–Crippen MR) is 77.6 cm³/mol. The SMILES string of the molecule is CCn1ncnc1CC1CC(C(C)C)CCC1CN. The fourth-order valence-corrected chi connectivity index (χ4v) is 3.47. The molecule has 0 bridgehead atoms. The molecule has 0 amide bonds. The van der Waals surface area contributed by atoms with E-state index in [2.05, 4.69) is 30.9 Å². The normalized spacial score (nSPS) is 27.9. The molecule has 1 aromatic rings. The van der Waals surface area contributed by atoms with Crippen LogP contribution in [-0.2, 0) is 13.0 Å². The number of rotatable bonds is 5. The van der Waals surface area contributed by atoms with Gasteiger partial charge in [-0.1, -0.05) is 13.8 Å². The molecule has 1 aromatic heterocycles. The van der Waals surface area contributed by atoms with Crippen molar-refractivity contribution >= 4 is 0 Å². The van der Waals surface area contributed by atoms with Gasteiger partial charge in [-0.25, -0.2) is 4.98 Å². The van der Waals surface area contributed by atoms with Crippen LogP contribution in [0.2, 0.25) is 0 Å². The van der Waals surface area contributed by atoms with E-state index < -0.39 is 0 Å². The Morgan fingerprint density at radius 3 is 2.79 bits per heavy atom. The highest BCUT2D eigenvalue weighted by atomic mass is 15.3. The monoisotopic (exact) mass is 264 g/mol. The van der Waals surface area contributed by atoms with E-state index in [9.17, 15) is 0 Å². The van der Waals surface area contributed by atoms with Crippen molar-refractivity contribution in [3.05, 3.63) is 12.2 Å². The smallest absolute Gasteiger partial charge is 0.138 e. The van der Waals surface area contributed by atoms with Gasteiger partial charge < -0.3 is 5.73 Å². The number of nitrogens with two attached hydrogens (primary N) is 1. The molecule has 4 nitrogen and oxygen atoms in total. The lowest BCUT2D eigenvalue weighted by atomic mass is 9.69. The highest BCUT2D eigenvalue weighted by Crippen LogP contribution is 2.38. The summed E-state index contributed by atoms with van der Waals surface area (Å²) in [6.45, 7) is 8.53. The van der Waals surface area contributed by atoms with Crippen LogP contribution in [0.15, 0.2) is 6.33 Å². The summed E-state index contributed by atoms with van der Waals surface area (Å²) in [7, 11) is 0. The average molecular weight is 264 g/mol. The summed E-state index contributed by atoms with van der Waals surface area (Å²) in [6, 6.07) is 0. The number of nitrogens with zero attached hydrogens (tertiary/aromatic N) is 3. The summed E-state index contributed by atoms with van der Waals surface area (Å²) in [4.78, 5) is 4.43. The van der Waals surface area contributed by atoms with Crippen molar-refractivity contribution in [1.82, 2.24) is 14.8 Å². The first kappa shape index (κ1) is 14.5. The quantitative estimate of drug-likeness (QED) is 0.889. The Labute approximate surface area is 116 Å². The lowest BCUT2D eigenvalue weighted by molar-refractivity contribution is 0.148. The molecule has 4 heteroatoms. The minimum absolute atomic E-state index is 0.664. The van der Waals surface area contributed by atoms with E-state index >= 15 is 0 Å². The zero-order valence-corrected chi connectivity index (χ0v) is 12.5. The van der Waals surface area contributed by atoms with Crippen LogP contribution in [0.1, 0.15) is 45.9 Å². The maximum Gasteiger partial charge on any atom is 0.138 e. The fraction of sp³-hybridized carbons (Fsp3) is 0.867. The fourth-order valence-electron chi connectivity index (χ4n) is 3.47. The molecule has 108 valence electrons. The molecule has 0 spiro atoms. The molecule has 0 aliphatic heterocycles. The molecule has 3 atom stereocenters. The van der Waals surface area contributed by atoms with Gasteiger partial charge in [0.1, 0.15) is 12.2 Å². The van der Waals surface area contributed by atoms with Crippen LogP contribution in [0.4, 0.5) is 0 Å². The lowest BCUT2D eigenvalue weighted by Crippen LogP contribution is -2.33. The molecule has 19 heavy (non-hydrogen) atoms. The summed E-state index contributed by atoms with van der Waals surface area (Å²) < 4.78 is 2.02. The van der Waals surface area contributed by atoms with Crippen LogP contribution < -0.4 is 5.73 Å². The third kappa shape index (κ3) is 3.35. The van der Waals surface area contributed by atoms with Crippen molar-refractivity contribution < 1.29 is 0 Å². The second-order valence-electron chi connectivity index (χ2n) is 6.27. The molecule has 2 rings (SSSR count).